The summed E-state index contributed by atoms with van der Waals surface area (Å²) >= 11 is 6.84. The van der Waals surface area contributed by atoms with Crippen molar-refractivity contribution >= 4 is 54.4 Å². The number of fused-ring (bicyclic) bond motifs is 1. The van der Waals surface area contributed by atoms with E-state index in [1.165, 1.54) is 0 Å². The fourth-order valence-corrected chi connectivity index (χ4v) is 3.00. The third kappa shape index (κ3) is 3.04. The Labute approximate surface area is 138 Å². The maximum Gasteiger partial charge on any atom is 0.291 e. The number of rotatable bonds is 2. The van der Waals surface area contributed by atoms with Crippen LogP contribution in [-0.4, -0.2) is 5.91 Å². The molecule has 0 aliphatic heterocycles. The number of carbonyl (C=O) groups is 1. The van der Waals surface area contributed by atoms with Crippen LogP contribution in [0.3, 0.4) is 0 Å². The lowest BCUT2D eigenvalue weighted by atomic mass is 10.2. The molecule has 1 N–H and O–H groups in total. The van der Waals surface area contributed by atoms with Crippen molar-refractivity contribution in [2.45, 2.75) is 6.92 Å². The molecule has 2 aromatic carbocycles. The van der Waals surface area contributed by atoms with Crippen LogP contribution in [0.1, 0.15) is 16.1 Å². The smallest absolute Gasteiger partial charge is 0.291 e. The predicted molar refractivity (Wildman–Crippen MR) is 90.7 cm³/mol. The standard InChI is InChI=1S/C16H11Br2NO2/c1-9-2-4-13(12(18)6-9)19-16(20)15-8-10-7-11(17)3-5-14(10)21-15/h2-8H,1H3,(H,19,20). The van der Waals surface area contributed by atoms with Crippen molar-refractivity contribution in [2.24, 2.45) is 0 Å². The molecular formula is C16H11Br2NO2. The van der Waals surface area contributed by atoms with Crippen molar-refractivity contribution in [1.82, 2.24) is 0 Å². The van der Waals surface area contributed by atoms with E-state index in [1.807, 2.05) is 43.3 Å². The summed E-state index contributed by atoms with van der Waals surface area (Å²) in [7, 11) is 0. The van der Waals surface area contributed by atoms with Crippen LogP contribution in [0, 0.1) is 6.92 Å². The van der Waals surface area contributed by atoms with Gasteiger partial charge in [-0.05, 0) is 64.8 Å². The summed E-state index contributed by atoms with van der Waals surface area (Å²) in [6, 6.07) is 13.1. The normalized spacial score (nSPS) is 10.8. The van der Waals surface area contributed by atoms with E-state index in [9.17, 15) is 4.79 Å². The molecule has 21 heavy (non-hydrogen) atoms. The van der Waals surface area contributed by atoms with E-state index < -0.39 is 0 Å². The van der Waals surface area contributed by atoms with Crippen molar-refractivity contribution in [3.05, 3.63) is 62.7 Å². The van der Waals surface area contributed by atoms with Gasteiger partial charge in [0, 0.05) is 14.3 Å². The third-order valence-electron chi connectivity index (χ3n) is 3.07. The molecule has 3 aromatic rings. The number of furan rings is 1. The van der Waals surface area contributed by atoms with E-state index in [-0.39, 0.29) is 11.7 Å². The minimum Gasteiger partial charge on any atom is -0.451 e. The molecule has 0 saturated heterocycles. The zero-order valence-corrected chi connectivity index (χ0v) is 14.3. The van der Waals surface area contributed by atoms with E-state index in [4.69, 9.17) is 4.42 Å². The topological polar surface area (TPSA) is 42.2 Å². The van der Waals surface area contributed by atoms with Gasteiger partial charge in [-0.15, -0.1) is 0 Å². The molecule has 3 rings (SSSR count). The van der Waals surface area contributed by atoms with Gasteiger partial charge < -0.3 is 9.73 Å². The van der Waals surface area contributed by atoms with Gasteiger partial charge >= 0.3 is 0 Å². The highest BCUT2D eigenvalue weighted by Gasteiger charge is 2.14. The summed E-state index contributed by atoms with van der Waals surface area (Å²) in [6.07, 6.45) is 0. The predicted octanol–water partition coefficient (Wildman–Crippen LogP) is 5.52. The number of hydrogen-bond donors (Lipinski definition) is 1. The van der Waals surface area contributed by atoms with E-state index in [1.54, 1.807) is 6.07 Å². The summed E-state index contributed by atoms with van der Waals surface area (Å²) in [4.78, 5) is 12.3. The van der Waals surface area contributed by atoms with Crippen LogP contribution >= 0.6 is 31.9 Å². The highest BCUT2D eigenvalue weighted by atomic mass is 79.9. The largest absolute Gasteiger partial charge is 0.451 e. The Morgan fingerprint density at radius 3 is 2.67 bits per heavy atom. The summed E-state index contributed by atoms with van der Waals surface area (Å²) in [6.45, 7) is 1.99. The monoisotopic (exact) mass is 407 g/mol. The van der Waals surface area contributed by atoms with Crippen LogP contribution in [0.25, 0.3) is 11.0 Å². The van der Waals surface area contributed by atoms with Gasteiger partial charge in [0.1, 0.15) is 5.58 Å². The Morgan fingerprint density at radius 2 is 1.90 bits per heavy atom. The van der Waals surface area contributed by atoms with Crippen molar-refractivity contribution in [3.63, 3.8) is 0 Å². The van der Waals surface area contributed by atoms with Crippen molar-refractivity contribution in [1.29, 1.82) is 0 Å². The second-order valence-corrected chi connectivity index (χ2v) is 6.50. The summed E-state index contributed by atoms with van der Waals surface area (Å²) in [5, 5.41) is 3.72. The summed E-state index contributed by atoms with van der Waals surface area (Å²) in [5.41, 5.74) is 2.52. The molecule has 106 valence electrons. The lowest BCUT2D eigenvalue weighted by Gasteiger charge is -2.06. The van der Waals surface area contributed by atoms with Gasteiger partial charge in [0.25, 0.3) is 5.91 Å². The molecular weight excluding hydrogens is 398 g/mol. The Morgan fingerprint density at radius 1 is 1.10 bits per heavy atom. The average Bonchev–Trinajstić information content (AvgIpc) is 2.85. The van der Waals surface area contributed by atoms with Gasteiger partial charge in [-0.1, -0.05) is 22.0 Å². The van der Waals surface area contributed by atoms with Gasteiger partial charge in [-0.3, -0.25) is 4.79 Å². The van der Waals surface area contributed by atoms with Gasteiger partial charge in [-0.25, -0.2) is 0 Å². The second kappa shape index (κ2) is 5.66. The number of carbonyl (C=O) groups excluding carboxylic acids is 1. The van der Waals surface area contributed by atoms with Crippen LogP contribution in [0.4, 0.5) is 5.69 Å². The molecule has 0 saturated carbocycles. The van der Waals surface area contributed by atoms with Gasteiger partial charge in [-0.2, -0.15) is 0 Å². The number of hydrogen-bond acceptors (Lipinski definition) is 2. The first-order valence-corrected chi connectivity index (χ1v) is 7.88. The van der Waals surface area contributed by atoms with E-state index >= 15 is 0 Å². The molecule has 0 radical (unpaired) electrons. The van der Waals surface area contributed by atoms with Crippen LogP contribution in [0.15, 0.2) is 55.8 Å². The number of benzene rings is 2. The first-order chi connectivity index (χ1) is 10.0. The SMILES string of the molecule is Cc1ccc(NC(=O)c2cc3cc(Br)ccc3o2)c(Br)c1. The minimum atomic E-state index is -0.271. The fourth-order valence-electron chi connectivity index (χ4n) is 2.03. The van der Waals surface area contributed by atoms with Gasteiger partial charge in [0.15, 0.2) is 5.76 Å². The molecule has 0 fully saturated rings. The van der Waals surface area contributed by atoms with E-state index in [0.29, 0.717) is 11.3 Å². The number of nitrogens with one attached hydrogen (secondary N) is 1. The van der Waals surface area contributed by atoms with Crippen LogP contribution in [0.5, 0.6) is 0 Å². The minimum absolute atomic E-state index is 0.271. The number of anilines is 1. The lowest BCUT2D eigenvalue weighted by molar-refractivity contribution is 0.0998. The van der Waals surface area contributed by atoms with Crippen LogP contribution < -0.4 is 5.32 Å². The van der Waals surface area contributed by atoms with Crippen molar-refractivity contribution < 1.29 is 9.21 Å². The van der Waals surface area contributed by atoms with Gasteiger partial charge in [0.05, 0.1) is 5.69 Å². The first kappa shape index (κ1) is 14.4. The molecule has 0 spiro atoms. The zero-order chi connectivity index (χ0) is 15.0. The fraction of sp³-hybridized carbons (Fsp3) is 0.0625. The maximum absolute atomic E-state index is 12.3. The quantitative estimate of drug-likeness (QED) is 0.606. The number of aryl methyl sites for hydroxylation is 1. The lowest BCUT2D eigenvalue weighted by Crippen LogP contribution is -2.11. The molecule has 0 atom stereocenters. The highest BCUT2D eigenvalue weighted by molar-refractivity contribution is 9.10. The molecule has 1 aromatic heterocycles. The number of amides is 1. The number of halogens is 2. The Bertz CT molecular complexity index is 839. The molecule has 0 aliphatic rings. The first-order valence-electron chi connectivity index (χ1n) is 6.29. The van der Waals surface area contributed by atoms with Crippen LogP contribution in [0.2, 0.25) is 0 Å². The zero-order valence-electron chi connectivity index (χ0n) is 11.1. The third-order valence-corrected chi connectivity index (χ3v) is 4.22. The Hall–Kier alpha value is -1.59. The van der Waals surface area contributed by atoms with E-state index in [0.717, 1.165) is 19.9 Å². The molecule has 5 heteroatoms. The van der Waals surface area contributed by atoms with E-state index in [2.05, 4.69) is 37.2 Å². The molecule has 0 unspecified atom stereocenters. The van der Waals surface area contributed by atoms with Crippen molar-refractivity contribution in [3.8, 4) is 0 Å². The molecule has 1 amide bonds. The van der Waals surface area contributed by atoms with Crippen LogP contribution in [-0.2, 0) is 0 Å². The summed E-state index contributed by atoms with van der Waals surface area (Å²) < 4.78 is 7.36. The summed E-state index contributed by atoms with van der Waals surface area (Å²) in [5.74, 6) is 0.0162. The second-order valence-electron chi connectivity index (χ2n) is 4.73. The molecule has 0 bridgehead atoms. The average molecular weight is 409 g/mol. The van der Waals surface area contributed by atoms with Gasteiger partial charge in [0.2, 0.25) is 0 Å². The van der Waals surface area contributed by atoms with Crippen molar-refractivity contribution in [2.75, 3.05) is 5.32 Å². The Kier molecular flexibility index (Phi) is 3.87. The Balaban J connectivity index is 1.89. The highest BCUT2D eigenvalue weighted by Crippen LogP contribution is 2.26. The molecule has 0 aliphatic carbocycles. The maximum atomic E-state index is 12.3. The molecule has 3 nitrogen and oxygen atoms in total. The molecule has 1 heterocycles.